The van der Waals surface area contributed by atoms with Gasteiger partial charge < -0.3 is 14.5 Å². The summed E-state index contributed by atoms with van der Waals surface area (Å²) in [5, 5.41) is 0. The van der Waals surface area contributed by atoms with Crippen molar-refractivity contribution in [2.24, 2.45) is 0 Å². The summed E-state index contributed by atoms with van der Waals surface area (Å²) in [6, 6.07) is 0. The van der Waals surface area contributed by atoms with Crippen LogP contribution in [-0.4, -0.2) is 36.4 Å². The molecule has 1 heterocycles. The Kier molecular flexibility index (Phi) is 6.82. The third-order valence-corrected chi connectivity index (χ3v) is 3.46. The molecule has 0 aliphatic rings. The average Bonchev–Trinajstić information content (AvgIpc) is 2.78. The Morgan fingerprint density at radius 1 is 1.09 bits per heavy atom. The van der Waals surface area contributed by atoms with E-state index in [0.29, 0.717) is 48.2 Å². The van der Waals surface area contributed by atoms with Gasteiger partial charge in [-0.15, -0.1) is 0 Å². The van der Waals surface area contributed by atoms with Crippen LogP contribution in [-0.2, 0) is 14.3 Å². The first-order chi connectivity index (χ1) is 10.4. The molecule has 0 atom stereocenters. The molecule has 0 aromatic carbocycles. The van der Waals surface area contributed by atoms with Crippen molar-refractivity contribution in [2.75, 3.05) is 13.7 Å². The van der Waals surface area contributed by atoms with Crippen LogP contribution >= 0.6 is 0 Å². The number of esters is 2. The second-order valence-electron chi connectivity index (χ2n) is 5.05. The van der Waals surface area contributed by atoms with Crippen molar-refractivity contribution >= 4 is 17.7 Å². The summed E-state index contributed by atoms with van der Waals surface area (Å²) >= 11 is 0. The highest BCUT2D eigenvalue weighted by Gasteiger charge is 2.22. The van der Waals surface area contributed by atoms with E-state index >= 15 is 0 Å². The molecule has 1 rings (SSSR count). The van der Waals surface area contributed by atoms with E-state index in [9.17, 15) is 14.4 Å². The summed E-state index contributed by atoms with van der Waals surface area (Å²) in [6.45, 7) is 5.51. The number of nitrogens with one attached hydrogen (secondary N) is 1. The van der Waals surface area contributed by atoms with Crippen LogP contribution in [0.1, 0.15) is 64.7 Å². The summed E-state index contributed by atoms with van der Waals surface area (Å²) in [5.74, 6) is -0.759. The maximum atomic E-state index is 12.3. The molecule has 0 bridgehead atoms. The number of carbonyl (C=O) groups excluding carboxylic acids is 3. The fraction of sp³-hybridized carbons (Fsp3) is 0.562. The number of ketones is 1. The number of unbranched alkanes of at least 4 members (excludes halogenated alkanes) is 1. The fourth-order valence-corrected chi connectivity index (χ4v) is 2.36. The number of rotatable bonds is 8. The molecule has 0 aliphatic carbocycles. The molecule has 0 saturated carbocycles. The van der Waals surface area contributed by atoms with Crippen LogP contribution in [0.2, 0.25) is 0 Å². The lowest BCUT2D eigenvalue weighted by atomic mass is 10.0. The first-order valence-corrected chi connectivity index (χ1v) is 7.38. The molecule has 0 radical (unpaired) electrons. The summed E-state index contributed by atoms with van der Waals surface area (Å²) in [5.41, 5.74) is 2.16. The van der Waals surface area contributed by atoms with Crippen molar-refractivity contribution in [1.82, 2.24) is 4.98 Å². The van der Waals surface area contributed by atoms with E-state index in [1.54, 1.807) is 20.8 Å². The van der Waals surface area contributed by atoms with Gasteiger partial charge in [0.05, 0.1) is 13.7 Å². The van der Waals surface area contributed by atoms with Crippen LogP contribution in [0, 0.1) is 13.8 Å². The maximum Gasteiger partial charge on any atom is 0.355 e. The lowest BCUT2D eigenvalue weighted by molar-refractivity contribution is -0.140. The predicted molar refractivity (Wildman–Crippen MR) is 81.0 cm³/mol. The van der Waals surface area contributed by atoms with Crippen LogP contribution in [0.25, 0.3) is 0 Å². The number of aromatic nitrogens is 1. The van der Waals surface area contributed by atoms with E-state index in [0.717, 1.165) is 0 Å². The average molecular weight is 309 g/mol. The molecule has 1 aromatic rings. The minimum absolute atomic E-state index is 0.0355. The van der Waals surface area contributed by atoms with E-state index in [1.165, 1.54) is 7.11 Å². The molecule has 122 valence electrons. The highest BCUT2D eigenvalue weighted by Crippen LogP contribution is 2.21. The standard InChI is InChI=1S/C16H23NO5/c1-5-22-16(20)15-10(2)14(11(3)17-15)12(18)8-6-7-9-13(19)21-4/h17H,5-9H2,1-4H3. The van der Waals surface area contributed by atoms with E-state index in [2.05, 4.69) is 9.72 Å². The van der Waals surface area contributed by atoms with Gasteiger partial charge in [0.15, 0.2) is 5.78 Å². The molecular formula is C16H23NO5. The van der Waals surface area contributed by atoms with Crippen molar-refractivity contribution in [3.63, 3.8) is 0 Å². The van der Waals surface area contributed by atoms with E-state index in [4.69, 9.17) is 4.74 Å². The third kappa shape index (κ3) is 4.44. The Labute approximate surface area is 130 Å². The van der Waals surface area contributed by atoms with Crippen molar-refractivity contribution in [3.05, 3.63) is 22.5 Å². The quantitative estimate of drug-likeness (QED) is 0.453. The van der Waals surface area contributed by atoms with Crippen molar-refractivity contribution in [2.45, 2.75) is 46.5 Å². The van der Waals surface area contributed by atoms with Crippen molar-refractivity contribution < 1.29 is 23.9 Å². The van der Waals surface area contributed by atoms with Crippen molar-refractivity contribution in [3.8, 4) is 0 Å². The Morgan fingerprint density at radius 2 is 1.73 bits per heavy atom. The zero-order valence-electron chi connectivity index (χ0n) is 13.6. The monoisotopic (exact) mass is 309 g/mol. The van der Waals surface area contributed by atoms with Crippen LogP contribution in [0.15, 0.2) is 0 Å². The Bertz CT molecular complexity index is 559. The van der Waals surface area contributed by atoms with E-state index < -0.39 is 5.97 Å². The lowest BCUT2D eigenvalue weighted by Crippen LogP contribution is -2.07. The Balaban J connectivity index is 2.70. The van der Waals surface area contributed by atoms with Crippen LogP contribution < -0.4 is 0 Å². The molecule has 22 heavy (non-hydrogen) atoms. The molecule has 6 nitrogen and oxygen atoms in total. The maximum absolute atomic E-state index is 12.3. The fourth-order valence-electron chi connectivity index (χ4n) is 2.36. The molecule has 0 amide bonds. The Hall–Kier alpha value is -2.11. The number of Topliss-reactive ketones (excluding diaryl/α,β-unsaturated/α-hetero) is 1. The molecule has 0 unspecified atom stereocenters. The number of ether oxygens (including phenoxy) is 2. The summed E-state index contributed by atoms with van der Waals surface area (Å²) in [7, 11) is 1.34. The van der Waals surface area contributed by atoms with Gasteiger partial charge in [-0.25, -0.2) is 4.79 Å². The van der Waals surface area contributed by atoms with Gasteiger partial charge in [0.1, 0.15) is 5.69 Å². The second kappa shape index (κ2) is 8.36. The lowest BCUT2D eigenvalue weighted by Gasteiger charge is -2.03. The summed E-state index contributed by atoms with van der Waals surface area (Å²) < 4.78 is 9.51. The van der Waals surface area contributed by atoms with Gasteiger partial charge in [-0.3, -0.25) is 9.59 Å². The van der Waals surface area contributed by atoms with Gasteiger partial charge in [0, 0.05) is 24.1 Å². The topological polar surface area (TPSA) is 85.5 Å². The van der Waals surface area contributed by atoms with Gasteiger partial charge in [0.25, 0.3) is 0 Å². The zero-order valence-corrected chi connectivity index (χ0v) is 13.6. The first-order valence-electron chi connectivity index (χ1n) is 7.38. The van der Waals surface area contributed by atoms with Crippen LogP contribution in [0.5, 0.6) is 0 Å². The highest BCUT2D eigenvalue weighted by molar-refractivity contribution is 6.02. The van der Waals surface area contributed by atoms with Gasteiger partial charge >= 0.3 is 11.9 Å². The van der Waals surface area contributed by atoms with Gasteiger partial charge in [-0.1, -0.05) is 0 Å². The highest BCUT2D eigenvalue weighted by atomic mass is 16.5. The number of aryl methyl sites for hydroxylation is 1. The predicted octanol–water partition coefficient (Wildman–Crippen LogP) is 2.72. The molecule has 0 fully saturated rings. The minimum atomic E-state index is -0.451. The number of aromatic amines is 1. The molecule has 0 saturated heterocycles. The SMILES string of the molecule is CCOC(=O)c1[nH]c(C)c(C(=O)CCCCC(=O)OC)c1C. The number of methoxy groups -OCH3 is 1. The Morgan fingerprint density at radius 3 is 2.32 bits per heavy atom. The summed E-state index contributed by atoms with van der Waals surface area (Å²) in [4.78, 5) is 38.0. The number of H-pyrrole nitrogens is 1. The summed E-state index contributed by atoms with van der Waals surface area (Å²) in [6.07, 6.45) is 1.85. The minimum Gasteiger partial charge on any atom is -0.469 e. The van der Waals surface area contributed by atoms with E-state index in [-0.39, 0.29) is 18.4 Å². The number of carbonyl (C=O) groups is 3. The largest absolute Gasteiger partial charge is 0.469 e. The second-order valence-corrected chi connectivity index (χ2v) is 5.05. The normalized spacial score (nSPS) is 10.4. The van der Waals surface area contributed by atoms with Gasteiger partial charge in [0.2, 0.25) is 0 Å². The molecule has 0 aliphatic heterocycles. The van der Waals surface area contributed by atoms with Crippen LogP contribution in [0.4, 0.5) is 0 Å². The van der Waals surface area contributed by atoms with E-state index in [1.807, 2.05) is 0 Å². The molecule has 0 spiro atoms. The zero-order chi connectivity index (χ0) is 16.7. The first kappa shape index (κ1) is 17.9. The molecule has 1 N–H and O–H groups in total. The molecule has 6 heteroatoms. The third-order valence-electron chi connectivity index (χ3n) is 3.46. The van der Waals surface area contributed by atoms with Crippen molar-refractivity contribution in [1.29, 1.82) is 0 Å². The van der Waals surface area contributed by atoms with Crippen LogP contribution in [0.3, 0.4) is 0 Å². The number of hydrogen-bond acceptors (Lipinski definition) is 5. The smallest absolute Gasteiger partial charge is 0.355 e. The molecule has 1 aromatic heterocycles. The van der Waals surface area contributed by atoms with Gasteiger partial charge in [-0.2, -0.15) is 0 Å². The van der Waals surface area contributed by atoms with Gasteiger partial charge in [-0.05, 0) is 39.2 Å². The molecular weight excluding hydrogens is 286 g/mol. The number of hydrogen-bond donors (Lipinski definition) is 1.